The van der Waals surface area contributed by atoms with E-state index in [2.05, 4.69) is 26.7 Å². The predicted molar refractivity (Wildman–Crippen MR) is 117 cm³/mol. The van der Waals surface area contributed by atoms with Gasteiger partial charge in [0.15, 0.2) is 0 Å². The predicted octanol–water partition coefficient (Wildman–Crippen LogP) is 4.10. The molecule has 0 bridgehead atoms. The van der Waals surface area contributed by atoms with Gasteiger partial charge in [-0.25, -0.2) is 9.37 Å². The van der Waals surface area contributed by atoms with Gasteiger partial charge < -0.3 is 15.2 Å². The molecule has 31 heavy (non-hydrogen) atoms. The van der Waals surface area contributed by atoms with Crippen LogP contribution in [0.15, 0.2) is 35.0 Å². The van der Waals surface area contributed by atoms with Gasteiger partial charge in [0.25, 0.3) is 0 Å². The van der Waals surface area contributed by atoms with Gasteiger partial charge in [-0.1, -0.05) is 0 Å². The number of amides is 2. The molecule has 0 spiro atoms. The number of H-pyrrole nitrogens is 1. The highest BCUT2D eigenvalue weighted by Gasteiger charge is 2.39. The number of hydrogen-bond acceptors (Lipinski definition) is 4. The van der Waals surface area contributed by atoms with Gasteiger partial charge >= 0.3 is 0 Å². The molecule has 162 valence electrons. The fraction of sp³-hybridized carbons (Fsp3) is 0.435. The summed E-state index contributed by atoms with van der Waals surface area (Å²) in [7, 11) is 0. The molecule has 2 aromatic heterocycles. The first-order valence-electron chi connectivity index (χ1n) is 10.8. The van der Waals surface area contributed by atoms with E-state index in [1.807, 2.05) is 10.3 Å². The minimum Gasteiger partial charge on any atom is -0.350 e. The summed E-state index contributed by atoms with van der Waals surface area (Å²) in [6.45, 7) is 0.693. The fourth-order valence-electron chi connectivity index (χ4n) is 4.96. The van der Waals surface area contributed by atoms with Crippen LogP contribution < -0.4 is 5.32 Å². The van der Waals surface area contributed by atoms with Crippen LogP contribution in [0.1, 0.15) is 56.0 Å². The number of imidazole rings is 1. The Morgan fingerprint density at radius 2 is 2.26 bits per heavy atom. The zero-order chi connectivity index (χ0) is 21.4. The second kappa shape index (κ2) is 8.07. The number of hydrogen-bond donors (Lipinski definition) is 2. The molecule has 2 N–H and O–H groups in total. The molecule has 2 unspecified atom stereocenters. The SMILES string of the molecule is O=C1CCC(CCC(=O)N2CCCC2c2nc3ccc(F)cc3[nH]2)(Cc2ccsc2)N1. The van der Waals surface area contributed by atoms with E-state index in [9.17, 15) is 14.0 Å². The summed E-state index contributed by atoms with van der Waals surface area (Å²) in [5.74, 6) is 0.557. The Kier molecular flexibility index (Phi) is 5.25. The van der Waals surface area contributed by atoms with E-state index in [-0.39, 0.29) is 29.2 Å². The number of benzene rings is 1. The summed E-state index contributed by atoms with van der Waals surface area (Å²) >= 11 is 1.65. The molecule has 2 fully saturated rings. The minimum atomic E-state index is -0.347. The van der Waals surface area contributed by atoms with Crippen molar-refractivity contribution in [2.45, 2.75) is 56.5 Å². The van der Waals surface area contributed by atoms with Crippen LogP contribution in [0, 0.1) is 5.82 Å². The summed E-state index contributed by atoms with van der Waals surface area (Å²) in [5, 5.41) is 7.31. The van der Waals surface area contributed by atoms with Crippen LogP contribution in [0.5, 0.6) is 0 Å². The molecule has 3 aromatic rings. The Labute approximate surface area is 183 Å². The summed E-state index contributed by atoms with van der Waals surface area (Å²) in [4.78, 5) is 34.9. The number of aromatic nitrogens is 2. The van der Waals surface area contributed by atoms with Gasteiger partial charge in [0.05, 0.1) is 17.1 Å². The van der Waals surface area contributed by atoms with Crippen LogP contribution in [-0.2, 0) is 16.0 Å². The molecule has 6 nitrogen and oxygen atoms in total. The van der Waals surface area contributed by atoms with Crippen LogP contribution in [0.25, 0.3) is 11.0 Å². The summed E-state index contributed by atoms with van der Waals surface area (Å²) < 4.78 is 13.5. The highest BCUT2D eigenvalue weighted by Crippen LogP contribution is 2.34. The average Bonchev–Trinajstić information content (AvgIpc) is 3.53. The number of thiophene rings is 1. The Hall–Kier alpha value is -2.74. The number of nitrogens with zero attached hydrogens (tertiary/aromatic N) is 2. The monoisotopic (exact) mass is 440 g/mol. The molecule has 0 saturated carbocycles. The quantitative estimate of drug-likeness (QED) is 0.606. The number of halogens is 1. The van der Waals surface area contributed by atoms with E-state index in [0.717, 1.165) is 25.7 Å². The number of carbonyl (C=O) groups excluding carboxylic acids is 2. The maximum atomic E-state index is 13.5. The van der Waals surface area contributed by atoms with Crippen molar-refractivity contribution >= 4 is 34.2 Å². The van der Waals surface area contributed by atoms with Crippen molar-refractivity contribution in [2.75, 3.05) is 6.54 Å². The maximum Gasteiger partial charge on any atom is 0.223 e. The van der Waals surface area contributed by atoms with E-state index >= 15 is 0 Å². The minimum absolute atomic E-state index is 0.0660. The first-order chi connectivity index (χ1) is 15.0. The number of fused-ring (bicyclic) bond motifs is 1. The van der Waals surface area contributed by atoms with Crippen molar-refractivity contribution in [3.05, 3.63) is 52.2 Å². The van der Waals surface area contributed by atoms with Gasteiger partial charge in [-0.3, -0.25) is 9.59 Å². The molecule has 2 atom stereocenters. The van der Waals surface area contributed by atoms with E-state index in [4.69, 9.17) is 0 Å². The molecule has 8 heteroatoms. The topological polar surface area (TPSA) is 78.1 Å². The molecule has 0 radical (unpaired) electrons. The summed E-state index contributed by atoms with van der Waals surface area (Å²) in [5.41, 5.74) is 2.21. The third kappa shape index (κ3) is 4.08. The molecule has 2 saturated heterocycles. The third-order valence-electron chi connectivity index (χ3n) is 6.53. The summed E-state index contributed by atoms with van der Waals surface area (Å²) in [6.07, 6.45) is 4.79. The van der Waals surface area contributed by atoms with Crippen LogP contribution in [0.4, 0.5) is 4.39 Å². The largest absolute Gasteiger partial charge is 0.350 e. The van der Waals surface area contributed by atoms with E-state index in [1.165, 1.54) is 17.7 Å². The fourth-order valence-corrected chi connectivity index (χ4v) is 5.63. The van der Waals surface area contributed by atoms with Gasteiger partial charge in [0, 0.05) is 24.9 Å². The van der Waals surface area contributed by atoms with E-state index in [0.29, 0.717) is 42.7 Å². The first kappa shape index (κ1) is 20.2. The van der Waals surface area contributed by atoms with Gasteiger partial charge in [-0.15, -0.1) is 0 Å². The number of aromatic amines is 1. The lowest BCUT2D eigenvalue weighted by Crippen LogP contribution is -2.44. The van der Waals surface area contributed by atoms with Crippen LogP contribution >= 0.6 is 11.3 Å². The maximum absolute atomic E-state index is 13.5. The highest BCUT2D eigenvalue weighted by molar-refractivity contribution is 7.07. The zero-order valence-electron chi connectivity index (χ0n) is 17.2. The zero-order valence-corrected chi connectivity index (χ0v) is 18.0. The molecule has 0 aliphatic carbocycles. The lowest BCUT2D eigenvalue weighted by molar-refractivity contribution is -0.133. The molecule has 5 rings (SSSR count). The van der Waals surface area contributed by atoms with Crippen molar-refractivity contribution in [3.63, 3.8) is 0 Å². The lowest BCUT2D eigenvalue weighted by Gasteiger charge is -2.30. The first-order valence-corrected chi connectivity index (χ1v) is 11.7. The van der Waals surface area contributed by atoms with Crippen LogP contribution in [0.3, 0.4) is 0 Å². The van der Waals surface area contributed by atoms with Gasteiger partial charge in [0.2, 0.25) is 11.8 Å². The van der Waals surface area contributed by atoms with Crippen molar-refractivity contribution in [3.8, 4) is 0 Å². The molecule has 1 aromatic carbocycles. The van der Waals surface area contributed by atoms with Crippen LogP contribution in [0.2, 0.25) is 0 Å². The molecule has 2 amide bonds. The molecule has 2 aliphatic heterocycles. The van der Waals surface area contributed by atoms with E-state index < -0.39 is 0 Å². The van der Waals surface area contributed by atoms with Gasteiger partial charge in [0.1, 0.15) is 11.6 Å². The van der Waals surface area contributed by atoms with Crippen molar-refractivity contribution in [1.82, 2.24) is 20.2 Å². The average molecular weight is 441 g/mol. The molecule has 4 heterocycles. The Morgan fingerprint density at radius 3 is 3.03 bits per heavy atom. The highest BCUT2D eigenvalue weighted by atomic mass is 32.1. The number of nitrogens with one attached hydrogen (secondary N) is 2. The number of likely N-dealkylation sites (tertiary alicyclic amines) is 1. The second-order valence-electron chi connectivity index (χ2n) is 8.67. The Bertz CT molecular complexity index is 1110. The standard InChI is InChI=1S/C23H25FN4O2S/c24-16-3-4-17-18(12-16)26-22(25-17)19-2-1-10-28(19)21(30)6-9-23(8-5-20(29)27-23)13-15-7-11-31-14-15/h3-4,7,11-12,14,19H,1-2,5-6,8-10,13H2,(H,25,26)(H,27,29). The number of carbonyl (C=O) groups is 2. The smallest absolute Gasteiger partial charge is 0.223 e. The second-order valence-corrected chi connectivity index (χ2v) is 9.45. The van der Waals surface area contributed by atoms with Crippen molar-refractivity contribution < 1.29 is 14.0 Å². The van der Waals surface area contributed by atoms with Crippen molar-refractivity contribution in [1.29, 1.82) is 0 Å². The number of rotatable bonds is 6. The van der Waals surface area contributed by atoms with Crippen LogP contribution in [-0.4, -0.2) is 38.8 Å². The lowest BCUT2D eigenvalue weighted by atomic mass is 9.85. The molecular formula is C23H25FN4O2S. The van der Waals surface area contributed by atoms with Gasteiger partial charge in [-0.05, 0) is 72.7 Å². The van der Waals surface area contributed by atoms with E-state index in [1.54, 1.807) is 17.4 Å². The van der Waals surface area contributed by atoms with Crippen molar-refractivity contribution in [2.24, 2.45) is 0 Å². The Balaban J connectivity index is 1.30. The van der Waals surface area contributed by atoms with Gasteiger partial charge in [-0.2, -0.15) is 11.3 Å². The summed E-state index contributed by atoms with van der Waals surface area (Å²) in [6, 6.07) is 6.45. The normalized spacial score (nSPS) is 23.6. The third-order valence-corrected chi connectivity index (χ3v) is 7.26. The Morgan fingerprint density at radius 1 is 1.35 bits per heavy atom. The molecule has 2 aliphatic rings. The molecular weight excluding hydrogens is 415 g/mol.